The zero-order chi connectivity index (χ0) is 75.8. The Morgan fingerprint density at radius 3 is 0.890 bits per heavy atom. The lowest BCUT2D eigenvalue weighted by Crippen LogP contribution is -2.06. The van der Waals surface area contributed by atoms with Crippen molar-refractivity contribution in [2.45, 2.75) is 240 Å². The topological polar surface area (TPSA) is 0 Å². The summed E-state index contributed by atoms with van der Waals surface area (Å²) in [5.74, 6) is 1.69. The molecule has 0 radical (unpaired) electrons. The lowest BCUT2D eigenvalue weighted by atomic mass is 9.98. The minimum absolute atomic E-state index is 0. The van der Waals surface area contributed by atoms with Crippen LogP contribution in [-0.2, 0) is 6.18 Å². The van der Waals surface area contributed by atoms with E-state index in [-0.39, 0.29) is 42.4 Å². The largest absolute Gasteiger partial charge is 0.416 e. The van der Waals surface area contributed by atoms with Crippen molar-refractivity contribution in [1.82, 2.24) is 0 Å². The van der Waals surface area contributed by atoms with E-state index in [0.717, 1.165) is 33.3 Å². The maximum Gasteiger partial charge on any atom is 0.416 e. The molecule has 0 unspecified atom stereocenters. The Labute approximate surface area is 604 Å². The van der Waals surface area contributed by atoms with Crippen LogP contribution in [0.5, 0.6) is 0 Å². The van der Waals surface area contributed by atoms with Gasteiger partial charge >= 0.3 is 6.18 Å². The molecule has 0 aromatic heterocycles. The highest BCUT2D eigenvalue weighted by molar-refractivity contribution is 6.30. The minimum atomic E-state index is -4.24. The number of hydrogen-bond donors (Lipinski definition) is 0. The van der Waals surface area contributed by atoms with E-state index in [1.54, 1.807) is 32.0 Å². The highest BCUT2D eigenvalue weighted by Crippen LogP contribution is 2.32. The van der Waals surface area contributed by atoms with Gasteiger partial charge in [0.2, 0.25) is 0 Å². The van der Waals surface area contributed by atoms with Crippen LogP contribution in [0.2, 0.25) is 5.02 Å². The van der Waals surface area contributed by atoms with Crippen molar-refractivity contribution >= 4 is 11.6 Å². The molecule has 100 heavy (non-hydrogen) atoms. The fraction of sp³-hybridized carbons (Fsp3) is 0.400. The second-order valence-corrected chi connectivity index (χ2v) is 28.6. The molecule has 10 heteroatoms. The molecule has 0 aliphatic rings. The molecule has 0 nitrogen and oxygen atoms in total. The Kier molecular flexibility index (Phi) is 42.8. The number of aryl methyl sites for hydroxylation is 6. The number of alkyl halides is 3. The van der Waals surface area contributed by atoms with Crippen LogP contribution in [0.15, 0.2) is 182 Å². The molecule has 0 saturated carbocycles. The molecule has 0 aliphatic carbocycles. The number of benzene rings is 9. The van der Waals surface area contributed by atoms with Crippen molar-refractivity contribution in [3.8, 4) is 0 Å². The zero-order valence-corrected chi connectivity index (χ0v) is 64.6. The summed E-state index contributed by atoms with van der Waals surface area (Å²) >= 11 is 5.89. The van der Waals surface area contributed by atoms with Crippen molar-refractivity contribution in [3.63, 3.8) is 0 Å². The lowest BCUT2D eigenvalue weighted by molar-refractivity contribution is -0.137. The van der Waals surface area contributed by atoms with Gasteiger partial charge in [-0.3, -0.25) is 0 Å². The van der Waals surface area contributed by atoms with E-state index in [1.165, 1.54) is 93.9 Å². The van der Waals surface area contributed by atoms with Crippen molar-refractivity contribution in [3.05, 3.63) is 316 Å². The third-order valence-electron chi connectivity index (χ3n) is 15.9. The van der Waals surface area contributed by atoms with Gasteiger partial charge < -0.3 is 0 Å². The van der Waals surface area contributed by atoms with Gasteiger partial charge in [-0.2, -0.15) is 13.2 Å². The third-order valence-corrected chi connectivity index (χ3v) is 16.1. The van der Waals surface area contributed by atoms with Gasteiger partial charge in [0.05, 0.1) is 5.56 Å². The van der Waals surface area contributed by atoms with Crippen molar-refractivity contribution in [1.29, 1.82) is 0 Å². The quantitative estimate of drug-likeness (QED) is 0.126. The van der Waals surface area contributed by atoms with Gasteiger partial charge in [0.15, 0.2) is 0 Å². The van der Waals surface area contributed by atoms with Crippen LogP contribution in [-0.4, -0.2) is 0 Å². The molecule has 0 saturated heterocycles. The Hall–Kier alpha value is -7.36. The summed E-state index contributed by atoms with van der Waals surface area (Å²) in [6.45, 7) is 50.4. The monoisotopic (exact) mass is 1400 g/mol. The third kappa shape index (κ3) is 37.4. The first-order valence-corrected chi connectivity index (χ1v) is 34.9. The zero-order valence-electron chi connectivity index (χ0n) is 63.8. The lowest BCUT2D eigenvalue weighted by Gasteiger charge is -2.12. The van der Waals surface area contributed by atoms with E-state index in [9.17, 15) is 39.5 Å². The Bertz CT molecular complexity index is 3480. The molecule has 0 amide bonds. The van der Waals surface area contributed by atoms with Gasteiger partial charge in [-0.25, -0.2) is 26.3 Å². The molecule has 9 aromatic rings. The molecule has 0 fully saturated rings. The molecule has 0 aliphatic heterocycles. The highest BCUT2D eigenvalue weighted by atomic mass is 35.5. The summed E-state index contributed by atoms with van der Waals surface area (Å²) in [5, 5.41) is 0.841. The summed E-state index contributed by atoms with van der Waals surface area (Å²) in [7, 11) is 0. The van der Waals surface area contributed by atoms with Crippen LogP contribution in [0.3, 0.4) is 0 Å². The van der Waals surface area contributed by atoms with Gasteiger partial charge in [-0.15, -0.1) is 0 Å². The summed E-state index contributed by atoms with van der Waals surface area (Å²) < 4.78 is 114. The van der Waals surface area contributed by atoms with E-state index < -0.39 is 35.0 Å². The molecule has 548 valence electrons. The van der Waals surface area contributed by atoms with Crippen molar-refractivity contribution in [2.75, 3.05) is 0 Å². The van der Waals surface area contributed by atoms with Gasteiger partial charge in [-0.1, -0.05) is 270 Å². The van der Waals surface area contributed by atoms with Crippen molar-refractivity contribution in [2.24, 2.45) is 0 Å². The van der Waals surface area contributed by atoms with Crippen LogP contribution in [0.25, 0.3) is 0 Å². The first-order chi connectivity index (χ1) is 45.9. The van der Waals surface area contributed by atoms with Gasteiger partial charge in [0.25, 0.3) is 0 Å². The molecule has 0 spiro atoms. The van der Waals surface area contributed by atoms with E-state index in [0.29, 0.717) is 52.2 Å². The van der Waals surface area contributed by atoms with Crippen LogP contribution < -0.4 is 0 Å². The van der Waals surface area contributed by atoms with Crippen LogP contribution in [0, 0.1) is 83.4 Å². The van der Waals surface area contributed by atoms with Crippen LogP contribution >= 0.6 is 11.6 Å². The summed E-state index contributed by atoms with van der Waals surface area (Å²) in [5.41, 5.74) is 15.8. The number of halogens is 10. The highest BCUT2D eigenvalue weighted by Gasteiger charge is 2.31. The maximum absolute atomic E-state index is 13.0. The summed E-state index contributed by atoms with van der Waals surface area (Å²) in [6, 6.07) is 55.1. The van der Waals surface area contributed by atoms with Gasteiger partial charge in [0.1, 0.15) is 34.9 Å². The Morgan fingerprint density at radius 2 is 0.560 bits per heavy atom. The van der Waals surface area contributed by atoms with Gasteiger partial charge in [0, 0.05) is 16.7 Å². The summed E-state index contributed by atoms with van der Waals surface area (Å²) in [4.78, 5) is 0. The molecular weight excluding hydrogens is 1290 g/mol. The molecule has 0 N–H and O–H groups in total. The SMILES string of the molecule is C.CC(C)c1cc(F)cc(F)c1.CC(C)c1ccccc1.Cc1c(F)cc(C(C)C)cc1F.Cc1cc(C(C)C)cc(C(F)(F)F)c1.Cc1cc(C(C)C)ccc1F.Cc1cc(Cl)cc(C(C)C)c1.Cc1cc(F)cc(C(C)C)c1.Cc1ccc(C(C)C)cc1.Cc1ccc(C(C)C)cc1. The molecule has 0 heterocycles. The molecular formula is C90H118ClF9. The molecule has 0 atom stereocenters. The predicted molar refractivity (Wildman–Crippen MR) is 414 cm³/mol. The first-order valence-electron chi connectivity index (χ1n) is 34.5. The Morgan fingerprint density at radius 1 is 0.260 bits per heavy atom. The predicted octanol–water partition coefficient (Wildman–Crippen LogP) is 30.6. The average Bonchev–Trinajstić information content (AvgIpc) is 0.840. The maximum atomic E-state index is 13.0. The second kappa shape index (κ2) is 46.2. The normalized spacial score (nSPS) is 10.7. The van der Waals surface area contributed by atoms with E-state index in [2.05, 4.69) is 183 Å². The van der Waals surface area contributed by atoms with Crippen LogP contribution in [0.4, 0.5) is 39.5 Å². The number of rotatable bonds is 9. The molecule has 9 aromatic carbocycles. The van der Waals surface area contributed by atoms with E-state index in [4.69, 9.17) is 11.6 Å². The molecule has 9 rings (SSSR count). The minimum Gasteiger partial charge on any atom is -0.207 e. The fourth-order valence-corrected chi connectivity index (χ4v) is 9.48. The smallest absolute Gasteiger partial charge is 0.207 e. The second-order valence-electron chi connectivity index (χ2n) is 28.2. The average molecular weight is 1410 g/mol. The molecule has 0 bridgehead atoms. The van der Waals surface area contributed by atoms with Gasteiger partial charge in [-0.05, 0) is 235 Å². The van der Waals surface area contributed by atoms with E-state index >= 15 is 0 Å². The standard InChI is InChI=1S/C11H13F3.C10H13Cl.C10H12F2.2C10H13F.2C10H14.C9H10F2.C9H12.CH4/c1-7(2)9-4-8(3)5-10(6-9)11(12,13)14;1-7(2)9-4-8(3)5-10(11)6-9;1-6(2)8-4-9(11)7(3)10(12)5-8;1-7(2)9-4-8(3)5-10(11)6-9;1-7(2)9-4-5-10(11)8(3)6-9;2*1-8(2)10-6-4-9(3)5-7-10;1-6(2)7-3-8(10)5-9(11)4-7;1-8(2)9-6-4-3-5-7-9;/h4-7H,1-3H3;4-7H,1-3H3;4-6H,1-3H3;2*4-7H,1-3H3;2*4-8H,1-3H3;3-6H,1-2H3;3-8H,1-2H3;1H4. The Balaban J connectivity index is 0.00000110. The first kappa shape index (κ1) is 92.6. The van der Waals surface area contributed by atoms with E-state index in [1.807, 2.05) is 84.9 Å². The number of hydrogen-bond acceptors (Lipinski definition) is 0. The van der Waals surface area contributed by atoms with Crippen molar-refractivity contribution < 1.29 is 39.5 Å². The fourth-order valence-electron chi connectivity index (χ4n) is 9.18. The van der Waals surface area contributed by atoms with Crippen LogP contribution in [0.1, 0.15) is 280 Å². The summed E-state index contributed by atoms with van der Waals surface area (Å²) in [6.07, 6.45) is -4.24.